The van der Waals surface area contributed by atoms with Gasteiger partial charge in [-0.05, 0) is 51.3 Å². The van der Waals surface area contributed by atoms with Gasteiger partial charge in [0.25, 0.3) is 5.91 Å². The molecule has 1 aromatic rings. The standard InChI is InChI=1S/C19H31N3O2/c1-13(2)8-6-9-15(5)21-18(23)16-10-7-11-17(12-16)22-19(24)20-14(3)4/h7,10-15H,6,8-9H2,1-5H3,(H,21,23)(H2,20,22,24). The molecule has 3 N–H and O–H groups in total. The first kappa shape index (κ1) is 20.0. The Bertz CT molecular complexity index is 541. The molecule has 3 amide bonds. The third kappa shape index (κ3) is 7.99. The molecule has 134 valence electrons. The van der Waals surface area contributed by atoms with Crippen LogP contribution < -0.4 is 16.0 Å². The number of hydrogen-bond acceptors (Lipinski definition) is 2. The number of hydrogen-bond donors (Lipinski definition) is 3. The Morgan fingerprint density at radius 2 is 1.71 bits per heavy atom. The number of urea groups is 1. The lowest BCUT2D eigenvalue weighted by Crippen LogP contribution is -2.34. The summed E-state index contributed by atoms with van der Waals surface area (Å²) in [5, 5.41) is 8.51. The smallest absolute Gasteiger partial charge is 0.319 e. The molecule has 0 saturated carbocycles. The SMILES string of the molecule is CC(C)CCCC(C)NC(=O)c1cccc(NC(=O)NC(C)C)c1. The Labute approximate surface area is 145 Å². The van der Waals surface area contributed by atoms with E-state index in [-0.39, 0.29) is 24.0 Å². The highest BCUT2D eigenvalue weighted by atomic mass is 16.2. The first-order valence-corrected chi connectivity index (χ1v) is 8.76. The van der Waals surface area contributed by atoms with Crippen LogP contribution in [0, 0.1) is 5.92 Å². The Morgan fingerprint density at radius 1 is 1.00 bits per heavy atom. The summed E-state index contributed by atoms with van der Waals surface area (Å²) >= 11 is 0. The van der Waals surface area contributed by atoms with E-state index in [1.807, 2.05) is 20.8 Å². The lowest BCUT2D eigenvalue weighted by atomic mass is 10.0. The third-order valence-corrected chi connectivity index (χ3v) is 3.60. The molecular formula is C19H31N3O2. The minimum Gasteiger partial charge on any atom is -0.350 e. The average Bonchev–Trinajstić information content (AvgIpc) is 2.46. The van der Waals surface area contributed by atoms with Gasteiger partial charge in [0, 0.05) is 23.3 Å². The predicted molar refractivity (Wildman–Crippen MR) is 99.3 cm³/mol. The van der Waals surface area contributed by atoms with Crippen LogP contribution in [0.1, 0.15) is 64.2 Å². The summed E-state index contributed by atoms with van der Waals surface area (Å²) in [5.74, 6) is 0.576. The van der Waals surface area contributed by atoms with Gasteiger partial charge in [-0.3, -0.25) is 4.79 Å². The molecule has 0 aliphatic heterocycles. The van der Waals surface area contributed by atoms with Crippen LogP contribution in [0.15, 0.2) is 24.3 Å². The second kappa shape index (κ2) is 9.96. The number of carbonyl (C=O) groups excluding carboxylic acids is 2. The van der Waals surface area contributed by atoms with E-state index in [0.717, 1.165) is 12.8 Å². The van der Waals surface area contributed by atoms with Crippen molar-refractivity contribution in [3.63, 3.8) is 0 Å². The zero-order valence-corrected chi connectivity index (χ0v) is 15.5. The zero-order valence-electron chi connectivity index (χ0n) is 15.5. The van der Waals surface area contributed by atoms with Crippen molar-refractivity contribution in [2.75, 3.05) is 5.32 Å². The van der Waals surface area contributed by atoms with Crippen LogP contribution >= 0.6 is 0 Å². The van der Waals surface area contributed by atoms with Crippen LogP contribution in [-0.2, 0) is 0 Å². The maximum atomic E-state index is 12.3. The van der Waals surface area contributed by atoms with E-state index >= 15 is 0 Å². The summed E-state index contributed by atoms with van der Waals surface area (Å²) in [7, 11) is 0. The maximum Gasteiger partial charge on any atom is 0.319 e. The average molecular weight is 333 g/mol. The quantitative estimate of drug-likeness (QED) is 0.668. The second-order valence-corrected chi connectivity index (χ2v) is 7.03. The summed E-state index contributed by atoms with van der Waals surface area (Å²) < 4.78 is 0. The van der Waals surface area contributed by atoms with E-state index in [1.165, 1.54) is 6.42 Å². The van der Waals surface area contributed by atoms with Gasteiger partial charge in [-0.1, -0.05) is 32.8 Å². The molecule has 24 heavy (non-hydrogen) atoms. The van der Waals surface area contributed by atoms with Crippen molar-refractivity contribution in [3.05, 3.63) is 29.8 Å². The first-order valence-electron chi connectivity index (χ1n) is 8.76. The first-order chi connectivity index (χ1) is 11.3. The van der Waals surface area contributed by atoms with Gasteiger partial charge in [0.05, 0.1) is 0 Å². The van der Waals surface area contributed by atoms with Gasteiger partial charge in [-0.2, -0.15) is 0 Å². The van der Waals surface area contributed by atoms with Gasteiger partial charge in [0.1, 0.15) is 0 Å². The highest BCUT2D eigenvalue weighted by Crippen LogP contribution is 2.12. The summed E-state index contributed by atoms with van der Waals surface area (Å²) in [5.41, 5.74) is 1.15. The Balaban J connectivity index is 2.55. The Kier molecular flexibility index (Phi) is 8.30. The Hall–Kier alpha value is -2.04. The normalized spacial score (nSPS) is 12.1. The van der Waals surface area contributed by atoms with Crippen LogP contribution in [0.25, 0.3) is 0 Å². The molecule has 5 heteroatoms. The van der Waals surface area contributed by atoms with Gasteiger partial charge in [0.2, 0.25) is 0 Å². The van der Waals surface area contributed by atoms with Gasteiger partial charge in [-0.25, -0.2) is 4.79 Å². The van der Waals surface area contributed by atoms with E-state index in [2.05, 4.69) is 29.8 Å². The highest BCUT2D eigenvalue weighted by Gasteiger charge is 2.11. The van der Waals surface area contributed by atoms with Crippen LogP contribution in [0.2, 0.25) is 0 Å². The fourth-order valence-electron chi connectivity index (χ4n) is 2.38. The third-order valence-electron chi connectivity index (χ3n) is 3.60. The van der Waals surface area contributed by atoms with Gasteiger partial charge in [0.15, 0.2) is 0 Å². The molecule has 1 rings (SSSR count). The number of nitrogens with one attached hydrogen (secondary N) is 3. The van der Waals surface area contributed by atoms with E-state index in [9.17, 15) is 9.59 Å². The molecule has 0 aliphatic carbocycles. The fourth-order valence-corrected chi connectivity index (χ4v) is 2.38. The van der Waals surface area contributed by atoms with Crippen molar-refractivity contribution >= 4 is 17.6 Å². The zero-order chi connectivity index (χ0) is 18.1. The van der Waals surface area contributed by atoms with Gasteiger partial charge >= 0.3 is 6.03 Å². The van der Waals surface area contributed by atoms with Crippen molar-refractivity contribution in [2.24, 2.45) is 5.92 Å². The van der Waals surface area contributed by atoms with Crippen molar-refractivity contribution in [3.8, 4) is 0 Å². The van der Waals surface area contributed by atoms with Gasteiger partial charge < -0.3 is 16.0 Å². The van der Waals surface area contributed by atoms with Crippen molar-refractivity contribution in [2.45, 2.75) is 66.0 Å². The van der Waals surface area contributed by atoms with E-state index in [0.29, 0.717) is 17.2 Å². The molecule has 1 unspecified atom stereocenters. The molecular weight excluding hydrogens is 302 g/mol. The number of carbonyl (C=O) groups is 2. The fraction of sp³-hybridized carbons (Fsp3) is 0.579. The van der Waals surface area contributed by atoms with Crippen LogP contribution in [0.4, 0.5) is 10.5 Å². The van der Waals surface area contributed by atoms with Crippen LogP contribution in [-0.4, -0.2) is 24.0 Å². The van der Waals surface area contributed by atoms with E-state index < -0.39 is 0 Å². The summed E-state index contributed by atoms with van der Waals surface area (Å²) in [6.45, 7) is 10.2. The van der Waals surface area contributed by atoms with Crippen molar-refractivity contribution in [1.29, 1.82) is 0 Å². The summed E-state index contributed by atoms with van der Waals surface area (Å²) in [6, 6.07) is 6.90. The number of benzene rings is 1. The topological polar surface area (TPSA) is 70.2 Å². The summed E-state index contributed by atoms with van der Waals surface area (Å²) in [6.07, 6.45) is 3.25. The molecule has 0 saturated heterocycles. The van der Waals surface area contributed by atoms with E-state index in [1.54, 1.807) is 24.3 Å². The molecule has 0 fully saturated rings. The van der Waals surface area contributed by atoms with Crippen LogP contribution in [0.3, 0.4) is 0 Å². The predicted octanol–water partition coefficient (Wildman–Crippen LogP) is 4.16. The highest BCUT2D eigenvalue weighted by molar-refractivity contribution is 5.97. The second-order valence-electron chi connectivity index (χ2n) is 7.03. The molecule has 0 aliphatic rings. The number of anilines is 1. The molecule has 0 spiro atoms. The molecule has 1 atom stereocenters. The molecule has 1 aromatic carbocycles. The van der Waals surface area contributed by atoms with Crippen molar-refractivity contribution in [1.82, 2.24) is 10.6 Å². The monoisotopic (exact) mass is 333 g/mol. The minimum absolute atomic E-state index is 0.0585. The minimum atomic E-state index is -0.274. The molecule has 5 nitrogen and oxygen atoms in total. The Morgan fingerprint density at radius 3 is 2.33 bits per heavy atom. The van der Waals surface area contributed by atoms with Gasteiger partial charge in [-0.15, -0.1) is 0 Å². The van der Waals surface area contributed by atoms with Crippen molar-refractivity contribution < 1.29 is 9.59 Å². The summed E-state index contributed by atoms with van der Waals surface area (Å²) in [4.78, 5) is 24.1. The number of amides is 3. The molecule has 0 aromatic heterocycles. The number of rotatable bonds is 8. The molecule has 0 heterocycles. The van der Waals surface area contributed by atoms with E-state index in [4.69, 9.17) is 0 Å². The van der Waals surface area contributed by atoms with Crippen LogP contribution in [0.5, 0.6) is 0 Å². The lowest BCUT2D eigenvalue weighted by Gasteiger charge is -2.15. The molecule has 0 radical (unpaired) electrons. The molecule has 0 bridgehead atoms. The largest absolute Gasteiger partial charge is 0.350 e. The maximum absolute atomic E-state index is 12.3. The lowest BCUT2D eigenvalue weighted by molar-refractivity contribution is 0.0937.